The summed E-state index contributed by atoms with van der Waals surface area (Å²) in [7, 11) is 1.54. The summed E-state index contributed by atoms with van der Waals surface area (Å²) in [5, 5.41) is 13.4. The van der Waals surface area contributed by atoms with Crippen LogP contribution in [0.15, 0.2) is 12.1 Å². The molecule has 5 heteroatoms. The molecule has 0 spiro atoms. The van der Waals surface area contributed by atoms with Gasteiger partial charge in [-0.25, -0.2) is 0 Å². The van der Waals surface area contributed by atoms with Crippen molar-refractivity contribution in [1.82, 2.24) is 5.32 Å². The van der Waals surface area contributed by atoms with E-state index in [1.54, 1.807) is 19.2 Å². The number of rotatable bonds is 2. The average molecular weight is 244 g/mol. The summed E-state index contributed by atoms with van der Waals surface area (Å²) in [6, 6.07) is 3.20. The van der Waals surface area contributed by atoms with Gasteiger partial charge in [-0.3, -0.25) is 0 Å². The summed E-state index contributed by atoms with van der Waals surface area (Å²) < 4.78 is 10.7. The van der Waals surface area contributed by atoms with E-state index in [4.69, 9.17) is 21.1 Å². The Hall–Kier alpha value is -0.970. The number of halogens is 1. The van der Waals surface area contributed by atoms with E-state index >= 15 is 0 Å². The first-order valence-corrected chi connectivity index (χ1v) is 5.49. The van der Waals surface area contributed by atoms with Gasteiger partial charge in [-0.1, -0.05) is 11.6 Å². The van der Waals surface area contributed by atoms with Crippen LogP contribution in [-0.2, 0) is 4.74 Å². The van der Waals surface area contributed by atoms with Gasteiger partial charge in [0.15, 0.2) is 0 Å². The molecule has 4 nitrogen and oxygen atoms in total. The van der Waals surface area contributed by atoms with Crippen molar-refractivity contribution in [1.29, 1.82) is 0 Å². The Morgan fingerprint density at radius 3 is 3.00 bits per heavy atom. The number of hydrogen-bond acceptors (Lipinski definition) is 4. The number of methoxy groups -OCH3 is 1. The molecule has 0 amide bonds. The molecule has 1 fully saturated rings. The van der Waals surface area contributed by atoms with Gasteiger partial charge in [-0.2, -0.15) is 0 Å². The van der Waals surface area contributed by atoms with Gasteiger partial charge in [0.1, 0.15) is 17.6 Å². The van der Waals surface area contributed by atoms with Crippen LogP contribution in [0.5, 0.6) is 11.5 Å². The first-order chi connectivity index (χ1) is 7.74. The molecule has 2 N–H and O–H groups in total. The number of hydrogen-bond donors (Lipinski definition) is 2. The second kappa shape index (κ2) is 4.91. The Kier molecular flexibility index (Phi) is 3.53. The summed E-state index contributed by atoms with van der Waals surface area (Å²) in [5.41, 5.74) is 0.591. The molecule has 1 aromatic rings. The van der Waals surface area contributed by atoms with Crippen molar-refractivity contribution < 1.29 is 14.6 Å². The molecule has 1 atom stereocenters. The van der Waals surface area contributed by atoms with Crippen molar-refractivity contribution in [3.8, 4) is 11.5 Å². The zero-order valence-electron chi connectivity index (χ0n) is 9.00. The predicted octanol–water partition coefficient (Wildman–Crippen LogP) is 1.72. The largest absolute Gasteiger partial charge is 0.508 e. The quantitative estimate of drug-likeness (QED) is 0.831. The molecule has 2 rings (SSSR count). The molecule has 0 aliphatic carbocycles. The molecule has 0 aromatic heterocycles. The zero-order chi connectivity index (χ0) is 11.5. The van der Waals surface area contributed by atoms with E-state index in [-0.39, 0.29) is 11.9 Å². The Bertz CT molecular complexity index is 378. The highest BCUT2D eigenvalue weighted by Gasteiger charge is 2.23. The molecule has 0 radical (unpaired) electrons. The third-order valence-electron chi connectivity index (χ3n) is 2.59. The third kappa shape index (κ3) is 2.09. The van der Waals surface area contributed by atoms with E-state index in [0.717, 1.165) is 6.54 Å². The monoisotopic (exact) mass is 243 g/mol. The van der Waals surface area contributed by atoms with Crippen molar-refractivity contribution in [2.45, 2.75) is 6.10 Å². The van der Waals surface area contributed by atoms with Gasteiger partial charge in [0.2, 0.25) is 0 Å². The standard InChI is InChI=1S/C11H14ClNO3/c1-15-8-3-2-7(14)10(11(8)12)9-6-13-4-5-16-9/h2-3,9,13-14H,4-6H2,1H3. The van der Waals surface area contributed by atoms with Crippen LogP contribution >= 0.6 is 11.6 Å². The van der Waals surface area contributed by atoms with Crippen molar-refractivity contribution in [2.24, 2.45) is 0 Å². The number of ether oxygens (including phenoxy) is 2. The van der Waals surface area contributed by atoms with E-state index in [9.17, 15) is 5.11 Å². The minimum atomic E-state index is -0.226. The van der Waals surface area contributed by atoms with Crippen molar-refractivity contribution in [3.63, 3.8) is 0 Å². The minimum absolute atomic E-state index is 0.138. The molecule has 1 heterocycles. The van der Waals surface area contributed by atoms with E-state index in [2.05, 4.69) is 5.32 Å². The second-order valence-corrected chi connectivity index (χ2v) is 3.96. The molecule has 1 aromatic carbocycles. The van der Waals surface area contributed by atoms with E-state index in [0.29, 0.717) is 29.5 Å². The van der Waals surface area contributed by atoms with Gasteiger partial charge in [0, 0.05) is 18.7 Å². The highest BCUT2D eigenvalue weighted by atomic mass is 35.5. The SMILES string of the molecule is COc1ccc(O)c(C2CNCCO2)c1Cl. The first-order valence-electron chi connectivity index (χ1n) is 5.11. The average Bonchev–Trinajstić information content (AvgIpc) is 2.31. The van der Waals surface area contributed by atoms with Crippen molar-refractivity contribution in [2.75, 3.05) is 26.8 Å². The fraction of sp³-hybridized carbons (Fsp3) is 0.455. The van der Waals surface area contributed by atoms with E-state index < -0.39 is 0 Å². The van der Waals surface area contributed by atoms with Crippen LogP contribution in [-0.4, -0.2) is 31.9 Å². The Morgan fingerprint density at radius 2 is 2.38 bits per heavy atom. The number of benzene rings is 1. The lowest BCUT2D eigenvalue weighted by atomic mass is 10.1. The number of morpholine rings is 1. The maximum absolute atomic E-state index is 9.82. The lowest BCUT2D eigenvalue weighted by Gasteiger charge is -2.25. The molecule has 0 saturated carbocycles. The van der Waals surface area contributed by atoms with Gasteiger partial charge in [-0.15, -0.1) is 0 Å². The molecule has 1 aliphatic heterocycles. The van der Waals surface area contributed by atoms with Crippen LogP contribution in [0, 0.1) is 0 Å². The lowest BCUT2D eigenvalue weighted by molar-refractivity contribution is 0.0262. The van der Waals surface area contributed by atoms with Crippen molar-refractivity contribution in [3.05, 3.63) is 22.7 Å². The van der Waals surface area contributed by atoms with Crippen molar-refractivity contribution >= 4 is 11.6 Å². The van der Waals surface area contributed by atoms with Crippen LogP contribution < -0.4 is 10.1 Å². The second-order valence-electron chi connectivity index (χ2n) is 3.58. The number of nitrogens with one attached hydrogen (secondary N) is 1. The fourth-order valence-electron chi connectivity index (χ4n) is 1.78. The Morgan fingerprint density at radius 1 is 1.56 bits per heavy atom. The lowest BCUT2D eigenvalue weighted by Crippen LogP contribution is -2.33. The minimum Gasteiger partial charge on any atom is -0.508 e. The molecular weight excluding hydrogens is 230 g/mol. The van der Waals surface area contributed by atoms with E-state index in [1.807, 2.05) is 0 Å². The van der Waals surface area contributed by atoms with Crippen LogP contribution in [0.1, 0.15) is 11.7 Å². The van der Waals surface area contributed by atoms with Gasteiger partial charge < -0.3 is 19.9 Å². The van der Waals surface area contributed by atoms with Gasteiger partial charge in [-0.05, 0) is 12.1 Å². The Labute approximate surface area is 99.1 Å². The van der Waals surface area contributed by atoms with E-state index in [1.165, 1.54) is 0 Å². The van der Waals surface area contributed by atoms with Crippen LogP contribution in [0.25, 0.3) is 0 Å². The summed E-state index contributed by atoms with van der Waals surface area (Å²) in [6.07, 6.45) is -0.226. The molecule has 0 bridgehead atoms. The molecule has 16 heavy (non-hydrogen) atoms. The third-order valence-corrected chi connectivity index (χ3v) is 2.98. The topological polar surface area (TPSA) is 50.7 Å². The predicted molar refractivity (Wildman–Crippen MR) is 61.2 cm³/mol. The van der Waals surface area contributed by atoms with Gasteiger partial charge in [0.05, 0.1) is 18.7 Å². The number of phenols is 1. The molecular formula is C11H14ClNO3. The fourth-order valence-corrected chi connectivity index (χ4v) is 2.14. The molecule has 1 aliphatic rings. The highest BCUT2D eigenvalue weighted by Crippen LogP contribution is 2.39. The van der Waals surface area contributed by atoms with Crippen LogP contribution in [0.2, 0.25) is 5.02 Å². The normalized spacial score (nSPS) is 20.8. The molecule has 1 unspecified atom stereocenters. The highest BCUT2D eigenvalue weighted by molar-refractivity contribution is 6.33. The molecule has 88 valence electrons. The Balaban J connectivity index is 2.37. The summed E-state index contributed by atoms with van der Waals surface area (Å²) in [6.45, 7) is 2.07. The zero-order valence-corrected chi connectivity index (χ0v) is 9.75. The maximum atomic E-state index is 9.82. The summed E-state index contributed by atoms with van der Waals surface area (Å²) >= 11 is 6.15. The van der Waals surface area contributed by atoms with Crippen LogP contribution in [0.4, 0.5) is 0 Å². The molecule has 1 saturated heterocycles. The smallest absolute Gasteiger partial charge is 0.138 e. The van der Waals surface area contributed by atoms with Crippen LogP contribution in [0.3, 0.4) is 0 Å². The van der Waals surface area contributed by atoms with Gasteiger partial charge in [0.25, 0.3) is 0 Å². The number of aromatic hydroxyl groups is 1. The maximum Gasteiger partial charge on any atom is 0.138 e. The van der Waals surface area contributed by atoms with Gasteiger partial charge >= 0.3 is 0 Å². The number of phenolic OH excluding ortho intramolecular Hbond substituents is 1. The summed E-state index contributed by atoms with van der Waals surface area (Å²) in [5.74, 6) is 0.683. The summed E-state index contributed by atoms with van der Waals surface area (Å²) in [4.78, 5) is 0. The first kappa shape index (κ1) is 11.5.